The van der Waals surface area contributed by atoms with E-state index in [1.165, 1.54) is 13.3 Å². The molecule has 5 nitrogen and oxygen atoms in total. The molecular weight excluding hydrogens is 244 g/mol. The van der Waals surface area contributed by atoms with Gasteiger partial charge in [-0.05, 0) is 36.8 Å². The Morgan fingerprint density at radius 2 is 2.11 bits per heavy atom. The molecule has 0 spiro atoms. The molecule has 0 radical (unpaired) electrons. The number of hydrogen-bond donors (Lipinski definition) is 1. The number of benzene rings is 1. The van der Waals surface area contributed by atoms with E-state index in [-0.39, 0.29) is 11.4 Å². The number of hydrogen-bond acceptors (Lipinski definition) is 5. The lowest BCUT2D eigenvalue weighted by molar-refractivity contribution is 0.0597. The van der Waals surface area contributed by atoms with Gasteiger partial charge in [-0.25, -0.2) is 9.78 Å². The zero-order valence-electron chi connectivity index (χ0n) is 10.7. The lowest BCUT2D eigenvalue weighted by Gasteiger charge is -2.10. The summed E-state index contributed by atoms with van der Waals surface area (Å²) >= 11 is 0. The van der Waals surface area contributed by atoms with Crippen molar-refractivity contribution in [3.05, 3.63) is 47.7 Å². The third-order valence-corrected chi connectivity index (χ3v) is 2.55. The van der Waals surface area contributed by atoms with E-state index in [4.69, 9.17) is 10.5 Å². The Hall–Kier alpha value is -2.56. The van der Waals surface area contributed by atoms with E-state index in [9.17, 15) is 4.79 Å². The van der Waals surface area contributed by atoms with Crippen molar-refractivity contribution >= 4 is 11.7 Å². The topological polar surface area (TPSA) is 74.4 Å². The monoisotopic (exact) mass is 258 g/mol. The van der Waals surface area contributed by atoms with Crippen molar-refractivity contribution in [3.63, 3.8) is 0 Å². The standard InChI is InChI=1S/C14H14N2O3/c1-9-5-6-11(15)12(8-9)19-13-10(14(17)18-2)4-3-7-16-13/h3-8H,15H2,1-2H3. The second-order valence-electron chi connectivity index (χ2n) is 3.99. The van der Waals surface area contributed by atoms with Crippen molar-refractivity contribution < 1.29 is 14.3 Å². The molecule has 0 fully saturated rings. The summed E-state index contributed by atoms with van der Waals surface area (Å²) in [7, 11) is 1.31. The number of nitrogen functional groups attached to an aromatic ring is 1. The van der Waals surface area contributed by atoms with E-state index in [0.717, 1.165) is 5.56 Å². The smallest absolute Gasteiger partial charge is 0.343 e. The lowest BCUT2D eigenvalue weighted by atomic mass is 10.2. The van der Waals surface area contributed by atoms with Crippen LogP contribution in [0.3, 0.4) is 0 Å². The molecule has 0 aliphatic carbocycles. The lowest BCUT2D eigenvalue weighted by Crippen LogP contribution is -2.05. The van der Waals surface area contributed by atoms with Crippen LogP contribution in [0, 0.1) is 6.92 Å². The summed E-state index contributed by atoms with van der Waals surface area (Å²) in [6, 6.07) is 8.62. The Morgan fingerprint density at radius 1 is 1.32 bits per heavy atom. The van der Waals surface area contributed by atoms with Crippen LogP contribution in [0.15, 0.2) is 36.5 Å². The van der Waals surface area contributed by atoms with Gasteiger partial charge in [0.15, 0.2) is 5.75 Å². The van der Waals surface area contributed by atoms with Crippen LogP contribution in [0.5, 0.6) is 11.6 Å². The van der Waals surface area contributed by atoms with E-state index < -0.39 is 5.97 Å². The van der Waals surface area contributed by atoms with Crippen LogP contribution >= 0.6 is 0 Å². The first-order valence-electron chi connectivity index (χ1n) is 5.69. The predicted molar refractivity (Wildman–Crippen MR) is 71.2 cm³/mol. The first kappa shape index (κ1) is 12.9. The summed E-state index contributed by atoms with van der Waals surface area (Å²) < 4.78 is 10.3. The fourth-order valence-electron chi connectivity index (χ4n) is 1.57. The fraction of sp³-hybridized carbons (Fsp3) is 0.143. The number of esters is 1. The number of anilines is 1. The van der Waals surface area contributed by atoms with Crippen molar-refractivity contribution in [1.29, 1.82) is 0 Å². The average Bonchev–Trinajstić information content (AvgIpc) is 2.42. The Morgan fingerprint density at radius 3 is 2.84 bits per heavy atom. The third kappa shape index (κ3) is 2.82. The quantitative estimate of drug-likeness (QED) is 0.676. The number of ether oxygens (including phenoxy) is 2. The molecule has 1 heterocycles. The number of carbonyl (C=O) groups is 1. The Kier molecular flexibility index (Phi) is 3.66. The fourth-order valence-corrected chi connectivity index (χ4v) is 1.57. The number of aromatic nitrogens is 1. The summed E-state index contributed by atoms with van der Waals surface area (Å²) in [5, 5.41) is 0. The highest BCUT2D eigenvalue weighted by Crippen LogP contribution is 2.29. The van der Waals surface area contributed by atoms with Crippen LogP contribution in [-0.4, -0.2) is 18.1 Å². The maximum Gasteiger partial charge on any atom is 0.343 e. The minimum Gasteiger partial charge on any atom is -0.465 e. The highest BCUT2D eigenvalue weighted by molar-refractivity contribution is 5.91. The highest BCUT2D eigenvalue weighted by atomic mass is 16.5. The normalized spacial score (nSPS) is 10.0. The third-order valence-electron chi connectivity index (χ3n) is 2.55. The largest absolute Gasteiger partial charge is 0.465 e. The zero-order chi connectivity index (χ0) is 13.8. The summed E-state index contributed by atoms with van der Waals surface area (Å²) in [6.45, 7) is 1.92. The Bertz CT molecular complexity index is 611. The number of nitrogens with zero attached hydrogens (tertiary/aromatic N) is 1. The molecule has 0 atom stereocenters. The van der Waals surface area contributed by atoms with Crippen LogP contribution in [0.4, 0.5) is 5.69 Å². The molecule has 0 bridgehead atoms. The van der Waals surface area contributed by atoms with Gasteiger partial charge in [-0.1, -0.05) is 6.07 Å². The van der Waals surface area contributed by atoms with Crippen LogP contribution in [0.2, 0.25) is 0 Å². The average molecular weight is 258 g/mol. The maximum atomic E-state index is 11.6. The van der Waals surface area contributed by atoms with Crippen molar-refractivity contribution in [3.8, 4) is 11.6 Å². The molecule has 0 unspecified atom stereocenters. The molecular formula is C14H14N2O3. The Labute approximate surface area is 111 Å². The van der Waals surface area contributed by atoms with E-state index in [2.05, 4.69) is 9.72 Å². The van der Waals surface area contributed by atoms with Crippen LogP contribution in [0.1, 0.15) is 15.9 Å². The number of methoxy groups -OCH3 is 1. The van der Waals surface area contributed by atoms with Gasteiger partial charge in [0.05, 0.1) is 12.8 Å². The second-order valence-corrected chi connectivity index (χ2v) is 3.99. The first-order valence-corrected chi connectivity index (χ1v) is 5.69. The summed E-state index contributed by atoms with van der Waals surface area (Å²) in [4.78, 5) is 15.6. The molecule has 19 heavy (non-hydrogen) atoms. The molecule has 0 saturated heterocycles. The first-order chi connectivity index (χ1) is 9.11. The number of rotatable bonds is 3. The molecule has 5 heteroatoms. The predicted octanol–water partition coefficient (Wildman–Crippen LogP) is 2.55. The molecule has 0 aliphatic rings. The molecule has 2 rings (SSSR count). The molecule has 2 aromatic rings. The minimum atomic E-state index is -0.505. The van der Waals surface area contributed by atoms with Gasteiger partial charge in [0.2, 0.25) is 5.88 Å². The summed E-state index contributed by atoms with van der Waals surface area (Å²) in [5.41, 5.74) is 7.56. The maximum absolute atomic E-state index is 11.6. The summed E-state index contributed by atoms with van der Waals surface area (Å²) in [6.07, 6.45) is 1.54. The summed E-state index contributed by atoms with van der Waals surface area (Å²) in [5.74, 6) is 0.129. The van der Waals surface area contributed by atoms with Gasteiger partial charge in [0.1, 0.15) is 5.56 Å². The molecule has 1 aromatic carbocycles. The second kappa shape index (κ2) is 5.39. The Balaban J connectivity index is 2.38. The highest BCUT2D eigenvalue weighted by Gasteiger charge is 2.15. The zero-order valence-corrected chi connectivity index (χ0v) is 10.7. The van der Waals surface area contributed by atoms with E-state index in [1.807, 2.05) is 13.0 Å². The SMILES string of the molecule is COC(=O)c1cccnc1Oc1cc(C)ccc1N. The van der Waals surface area contributed by atoms with Crippen LogP contribution in [-0.2, 0) is 4.74 Å². The number of aryl methyl sites for hydroxylation is 1. The van der Waals surface area contributed by atoms with E-state index >= 15 is 0 Å². The van der Waals surface area contributed by atoms with Gasteiger partial charge >= 0.3 is 5.97 Å². The molecule has 0 saturated carbocycles. The minimum absolute atomic E-state index is 0.173. The van der Waals surface area contributed by atoms with E-state index in [0.29, 0.717) is 11.4 Å². The van der Waals surface area contributed by atoms with Gasteiger partial charge in [0.25, 0.3) is 0 Å². The van der Waals surface area contributed by atoms with Crippen LogP contribution < -0.4 is 10.5 Å². The van der Waals surface area contributed by atoms with E-state index in [1.54, 1.807) is 24.3 Å². The van der Waals surface area contributed by atoms with Gasteiger partial charge in [-0.2, -0.15) is 0 Å². The molecule has 98 valence electrons. The number of carbonyl (C=O) groups excluding carboxylic acids is 1. The van der Waals surface area contributed by atoms with Gasteiger partial charge in [-0.3, -0.25) is 0 Å². The molecule has 1 aromatic heterocycles. The van der Waals surface area contributed by atoms with Crippen molar-refractivity contribution in [2.75, 3.05) is 12.8 Å². The van der Waals surface area contributed by atoms with Crippen molar-refractivity contribution in [1.82, 2.24) is 4.98 Å². The van der Waals surface area contributed by atoms with Gasteiger partial charge in [0, 0.05) is 6.20 Å². The molecule has 0 amide bonds. The molecule has 2 N–H and O–H groups in total. The van der Waals surface area contributed by atoms with Crippen LogP contribution in [0.25, 0.3) is 0 Å². The molecule has 0 aliphatic heterocycles. The van der Waals surface area contributed by atoms with Gasteiger partial charge in [-0.15, -0.1) is 0 Å². The van der Waals surface area contributed by atoms with Gasteiger partial charge < -0.3 is 15.2 Å². The number of pyridine rings is 1. The van der Waals surface area contributed by atoms with Crippen molar-refractivity contribution in [2.45, 2.75) is 6.92 Å². The van der Waals surface area contributed by atoms with Crippen molar-refractivity contribution in [2.24, 2.45) is 0 Å². The number of nitrogens with two attached hydrogens (primary N) is 1.